The van der Waals surface area contributed by atoms with Crippen molar-refractivity contribution in [2.45, 2.75) is 31.2 Å². The highest BCUT2D eigenvalue weighted by Crippen LogP contribution is 2.32. The highest BCUT2D eigenvalue weighted by Gasteiger charge is 2.31. The van der Waals surface area contributed by atoms with Crippen molar-refractivity contribution in [3.63, 3.8) is 0 Å². The van der Waals surface area contributed by atoms with Crippen molar-refractivity contribution < 1.29 is 4.79 Å². The summed E-state index contributed by atoms with van der Waals surface area (Å²) in [7, 11) is 0. The number of alkyl halides is 1. The maximum atomic E-state index is 11.9. The molecule has 0 N–H and O–H groups in total. The monoisotopic (exact) mass is 238 g/mol. The van der Waals surface area contributed by atoms with Crippen LogP contribution in [0.5, 0.6) is 0 Å². The van der Waals surface area contributed by atoms with Crippen molar-refractivity contribution >= 4 is 17.5 Å². The van der Waals surface area contributed by atoms with Crippen molar-refractivity contribution in [3.05, 3.63) is 30.1 Å². The predicted molar refractivity (Wildman–Crippen MR) is 63.2 cm³/mol. The van der Waals surface area contributed by atoms with E-state index in [1.54, 1.807) is 13.1 Å². The number of likely N-dealkylation sites (tertiary alicyclic amines) is 1. The Balaban J connectivity index is 2.19. The van der Waals surface area contributed by atoms with Gasteiger partial charge in [0.25, 0.3) is 0 Å². The second-order valence-electron chi connectivity index (χ2n) is 4.09. The number of aromatic nitrogens is 1. The number of pyridine rings is 1. The van der Waals surface area contributed by atoms with Gasteiger partial charge in [-0.1, -0.05) is 6.07 Å². The number of carbonyl (C=O) groups excluding carboxylic acids is 1. The van der Waals surface area contributed by atoms with Crippen LogP contribution in [0.4, 0.5) is 0 Å². The Morgan fingerprint density at radius 2 is 2.50 bits per heavy atom. The lowest BCUT2D eigenvalue weighted by molar-refractivity contribution is -0.131. The van der Waals surface area contributed by atoms with Crippen molar-refractivity contribution in [2.24, 2.45) is 0 Å². The highest BCUT2D eigenvalue weighted by atomic mass is 35.5. The summed E-state index contributed by atoms with van der Waals surface area (Å²) < 4.78 is 0. The molecule has 0 bridgehead atoms. The number of nitrogens with zero attached hydrogens (tertiary/aromatic N) is 2. The smallest absolute Gasteiger partial charge is 0.240 e. The number of hydrogen-bond donors (Lipinski definition) is 0. The molecule has 1 aromatic heterocycles. The van der Waals surface area contributed by atoms with Gasteiger partial charge in [-0.05, 0) is 31.4 Å². The second kappa shape index (κ2) is 4.83. The first-order valence-corrected chi connectivity index (χ1v) is 5.98. The summed E-state index contributed by atoms with van der Waals surface area (Å²) in [5, 5.41) is -0.447. The van der Waals surface area contributed by atoms with Gasteiger partial charge in [0.1, 0.15) is 5.38 Å². The lowest BCUT2D eigenvalue weighted by Gasteiger charge is -2.25. The summed E-state index contributed by atoms with van der Waals surface area (Å²) in [5.41, 5.74) is 1.10. The fourth-order valence-electron chi connectivity index (χ4n) is 2.18. The van der Waals surface area contributed by atoms with Gasteiger partial charge < -0.3 is 4.90 Å². The van der Waals surface area contributed by atoms with Gasteiger partial charge in [-0.25, -0.2) is 0 Å². The summed E-state index contributed by atoms with van der Waals surface area (Å²) >= 11 is 5.85. The summed E-state index contributed by atoms with van der Waals surface area (Å²) in [6.07, 6.45) is 5.61. The zero-order valence-corrected chi connectivity index (χ0v) is 10.0. The zero-order valence-electron chi connectivity index (χ0n) is 9.27. The normalized spacial score (nSPS) is 22.1. The third-order valence-electron chi connectivity index (χ3n) is 2.95. The van der Waals surface area contributed by atoms with E-state index >= 15 is 0 Å². The van der Waals surface area contributed by atoms with Gasteiger partial charge in [0.2, 0.25) is 5.91 Å². The minimum atomic E-state index is -0.447. The van der Waals surface area contributed by atoms with Crippen molar-refractivity contribution in [1.82, 2.24) is 9.88 Å². The first-order chi connectivity index (χ1) is 7.70. The predicted octanol–water partition coefficient (Wildman–Crippen LogP) is 2.37. The molecule has 0 aromatic carbocycles. The summed E-state index contributed by atoms with van der Waals surface area (Å²) in [6, 6.07) is 4.07. The number of hydrogen-bond acceptors (Lipinski definition) is 2. The van der Waals surface area contributed by atoms with Crippen molar-refractivity contribution in [1.29, 1.82) is 0 Å². The number of halogens is 1. The molecule has 0 aliphatic carbocycles. The molecule has 2 atom stereocenters. The number of carbonyl (C=O) groups is 1. The lowest BCUT2D eigenvalue weighted by atomic mass is 10.1. The van der Waals surface area contributed by atoms with E-state index in [0.29, 0.717) is 0 Å². The SMILES string of the molecule is CC(Cl)C(=O)N1CCCC1c1cccnc1. The van der Waals surface area contributed by atoms with Crippen LogP contribution in [0.25, 0.3) is 0 Å². The van der Waals surface area contributed by atoms with Gasteiger partial charge in [0.05, 0.1) is 6.04 Å². The Labute approximate surface area is 100 Å². The Morgan fingerprint density at radius 1 is 1.69 bits per heavy atom. The van der Waals surface area contributed by atoms with E-state index in [9.17, 15) is 4.79 Å². The molecule has 1 saturated heterocycles. The maximum absolute atomic E-state index is 11.9. The Hall–Kier alpha value is -1.09. The summed E-state index contributed by atoms with van der Waals surface area (Å²) in [6.45, 7) is 2.53. The van der Waals surface area contributed by atoms with Crippen LogP contribution < -0.4 is 0 Å². The van der Waals surface area contributed by atoms with Crippen LogP contribution in [0.15, 0.2) is 24.5 Å². The van der Waals surface area contributed by atoms with Crippen molar-refractivity contribution in [3.8, 4) is 0 Å². The Kier molecular flexibility index (Phi) is 3.44. The molecule has 1 aromatic rings. The van der Waals surface area contributed by atoms with E-state index in [0.717, 1.165) is 24.9 Å². The molecule has 16 heavy (non-hydrogen) atoms. The summed E-state index contributed by atoms with van der Waals surface area (Å²) in [5.74, 6) is 0.0213. The van der Waals surface area contributed by atoms with Crippen LogP contribution in [0.2, 0.25) is 0 Å². The van der Waals surface area contributed by atoms with Gasteiger partial charge in [-0.3, -0.25) is 9.78 Å². The molecule has 1 aliphatic rings. The molecule has 2 heterocycles. The Morgan fingerprint density at radius 3 is 3.12 bits per heavy atom. The van der Waals surface area contributed by atoms with E-state index in [2.05, 4.69) is 4.98 Å². The molecule has 3 nitrogen and oxygen atoms in total. The fraction of sp³-hybridized carbons (Fsp3) is 0.500. The third kappa shape index (κ3) is 2.19. The van der Waals surface area contributed by atoms with Gasteiger partial charge in [-0.15, -0.1) is 11.6 Å². The quantitative estimate of drug-likeness (QED) is 0.742. The molecule has 0 saturated carbocycles. The third-order valence-corrected chi connectivity index (χ3v) is 3.13. The minimum absolute atomic E-state index is 0.0213. The van der Waals surface area contributed by atoms with Crippen LogP contribution in [0.3, 0.4) is 0 Å². The van der Waals surface area contributed by atoms with Crippen molar-refractivity contribution in [2.75, 3.05) is 6.54 Å². The molecule has 1 aliphatic heterocycles. The van der Waals surface area contributed by atoms with Crippen LogP contribution in [0, 0.1) is 0 Å². The van der Waals surface area contributed by atoms with E-state index in [-0.39, 0.29) is 11.9 Å². The van der Waals surface area contributed by atoms with Gasteiger partial charge in [0.15, 0.2) is 0 Å². The van der Waals surface area contributed by atoms with Crippen LogP contribution >= 0.6 is 11.6 Å². The molecule has 86 valence electrons. The van der Waals surface area contributed by atoms with E-state index in [4.69, 9.17) is 11.6 Å². The summed E-state index contributed by atoms with van der Waals surface area (Å²) in [4.78, 5) is 17.9. The molecule has 2 unspecified atom stereocenters. The molecular formula is C12H15ClN2O. The minimum Gasteiger partial charge on any atom is -0.334 e. The molecule has 1 fully saturated rings. The van der Waals surface area contributed by atoms with E-state index < -0.39 is 5.38 Å². The van der Waals surface area contributed by atoms with Gasteiger partial charge in [-0.2, -0.15) is 0 Å². The number of amides is 1. The fourth-order valence-corrected chi connectivity index (χ4v) is 2.30. The lowest BCUT2D eigenvalue weighted by Crippen LogP contribution is -2.35. The molecule has 0 spiro atoms. The average Bonchev–Trinajstić information content (AvgIpc) is 2.77. The number of rotatable bonds is 2. The standard InChI is InChI=1S/C12H15ClN2O/c1-9(13)12(16)15-7-3-5-11(15)10-4-2-6-14-8-10/h2,4,6,8-9,11H,3,5,7H2,1H3. The average molecular weight is 239 g/mol. The van der Waals surface area contributed by atoms with Gasteiger partial charge in [0, 0.05) is 18.9 Å². The molecule has 2 rings (SSSR count). The molecule has 0 radical (unpaired) electrons. The van der Waals surface area contributed by atoms with Crippen LogP contribution in [-0.4, -0.2) is 27.7 Å². The molecular weight excluding hydrogens is 224 g/mol. The first-order valence-electron chi connectivity index (χ1n) is 5.54. The zero-order chi connectivity index (χ0) is 11.5. The van der Waals surface area contributed by atoms with Gasteiger partial charge >= 0.3 is 0 Å². The molecule has 4 heteroatoms. The second-order valence-corrected chi connectivity index (χ2v) is 4.75. The highest BCUT2D eigenvalue weighted by molar-refractivity contribution is 6.30. The topological polar surface area (TPSA) is 33.2 Å². The maximum Gasteiger partial charge on any atom is 0.240 e. The van der Waals surface area contributed by atoms with E-state index in [1.807, 2.05) is 23.2 Å². The molecule has 1 amide bonds. The van der Waals surface area contributed by atoms with E-state index in [1.165, 1.54) is 0 Å². The van der Waals surface area contributed by atoms with Crippen LogP contribution in [-0.2, 0) is 4.79 Å². The largest absolute Gasteiger partial charge is 0.334 e. The van der Waals surface area contributed by atoms with Crippen LogP contribution in [0.1, 0.15) is 31.4 Å². The Bertz CT molecular complexity index is 367. The first kappa shape index (κ1) is 11.4.